The Kier molecular flexibility index (Phi) is 2.57. The third-order valence-corrected chi connectivity index (χ3v) is 2.31. The fraction of sp³-hybridized carbons (Fsp3) is 0.400. The number of hydrogen-bond acceptors (Lipinski definition) is 2. The first kappa shape index (κ1) is 8.66. The molecule has 0 aromatic heterocycles. The van der Waals surface area contributed by atoms with E-state index in [1.165, 1.54) is 12.1 Å². The van der Waals surface area contributed by atoms with Crippen molar-refractivity contribution in [3.05, 3.63) is 30.1 Å². The van der Waals surface area contributed by atoms with Gasteiger partial charge in [0.05, 0.1) is 13.1 Å². The maximum Gasteiger partial charge on any atom is 0.181 e. The molecule has 0 spiro atoms. The van der Waals surface area contributed by atoms with Crippen LogP contribution in [-0.4, -0.2) is 26.2 Å². The highest BCUT2D eigenvalue weighted by atomic mass is 19.1. The summed E-state index contributed by atoms with van der Waals surface area (Å²) in [5.74, 6) is -0.168. The van der Waals surface area contributed by atoms with Crippen LogP contribution in [-0.2, 0) is 0 Å². The minimum absolute atomic E-state index is 0.168. The molecule has 1 aromatic carbocycles. The standard InChI is InChI=1S/C10H13FN2/c11-9-1-3-10(4-2-9)13-7-5-12-6-8-13/h1-4,12H,5-8H2/q+1. The van der Waals surface area contributed by atoms with E-state index in [1.807, 2.05) is 12.1 Å². The van der Waals surface area contributed by atoms with Crippen molar-refractivity contribution in [2.24, 2.45) is 0 Å². The molecular formula is C10H13FN2+. The van der Waals surface area contributed by atoms with Crippen molar-refractivity contribution in [1.82, 2.24) is 10.2 Å². The summed E-state index contributed by atoms with van der Waals surface area (Å²) in [6.45, 7) is 4.03. The van der Waals surface area contributed by atoms with Gasteiger partial charge in [0.1, 0.15) is 18.9 Å². The molecule has 1 radical (unpaired) electrons. The summed E-state index contributed by atoms with van der Waals surface area (Å²) >= 11 is 0. The Balaban J connectivity index is 2.10. The smallest absolute Gasteiger partial charge is 0.181 e. The van der Waals surface area contributed by atoms with E-state index in [9.17, 15) is 4.39 Å². The van der Waals surface area contributed by atoms with Crippen LogP contribution in [0.25, 0.3) is 0 Å². The molecule has 69 valence electrons. The molecule has 2 nitrogen and oxygen atoms in total. The minimum atomic E-state index is -0.168. The molecule has 3 heteroatoms. The molecule has 1 aromatic rings. The predicted octanol–water partition coefficient (Wildman–Crippen LogP) is 1.20. The molecule has 0 atom stereocenters. The zero-order valence-electron chi connectivity index (χ0n) is 7.46. The summed E-state index contributed by atoms with van der Waals surface area (Å²) in [6.07, 6.45) is 0. The molecule has 0 aliphatic carbocycles. The summed E-state index contributed by atoms with van der Waals surface area (Å²) < 4.78 is 12.6. The molecule has 2 rings (SSSR count). The van der Waals surface area contributed by atoms with Gasteiger partial charge in [0.25, 0.3) is 0 Å². The van der Waals surface area contributed by atoms with E-state index in [0.29, 0.717) is 0 Å². The molecule has 1 saturated heterocycles. The highest BCUT2D eigenvalue weighted by Crippen LogP contribution is 2.14. The average Bonchev–Trinajstić information content (AvgIpc) is 2.20. The lowest BCUT2D eigenvalue weighted by Gasteiger charge is -2.17. The van der Waals surface area contributed by atoms with Crippen molar-refractivity contribution in [2.45, 2.75) is 0 Å². The zero-order valence-corrected chi connectivity index (χ0v) is 7.46. The van der Waals surface area contributed by atoms with Crippen LogP contribution in [0, 0.1) is 5.82 Å². The van der Waals surface area contributed by atoms with Gasteiger partial charge in [-0.2, -0.15) is 0 Å². The molecule has 1 heterocycles. The van der Waals surface area contributed by atoms with Crippen molar-refractivity contribution in [1.29, 1.82) is 0 Å². The van der Waals surface area contributed by atoms with Gasteiger partial charge in [0.2, 0.25) is 0 Å². The molecule has 1 aliphatic rings. The fourth-order valence-corrected chi connectivity index (χ4v) is 1.57. The second-order valence-electron chi connectivity index (χ2n) is 3.21. The SMILES string of the molecule is Fc1ccc([N+]2CCNCC2)cc1. The van der Waals surface area contributed by atoms with Gasteiger partial charge >= 0.3 is 0 Å². The van der Waals surface area contributed by atoms with Gasteiger partial charge in [-0.15, -0.1) is 4.90 Å². The lowest BCUT2D eigenvalue weighted by atomic mass is 10.2. The summed E-state index contributed by atoms with van der Waals surface area (Å²) in [5, 5.41) is 3.28. The highest BCUT2D eigenvalue weighted by Gasteiger charge is 2.20. The monoisotopic (exact) mass is 180 g/mol. The Labute approximate surface area is 77.4 Å². The van der Waals surface area contributed by atoms with Gasteiger partial charge in [0, 0.05) is 12.1 Å². The molecule has 1 aliphatic heterocycles. The quantitative estimate of drug-likeness (QED) is 0.643. The summed E-state index contributed by atoms with van der Waals surface area (Å²) in [6, 6.07) is 6.69. The second-order valence-corrected chi connectivity index (χ2v) is 3.21. The number of benzene rings is 1. The van der Waals surface area contributed by atoms with Gasteiger partial charge < -0.3 is 5.32 Å². The van der Waals surface area contributed by atoms with E-state index in [1.54, 1.807) is 0 Å². The number of hydrogen-bond donors (Lipinski definition) is 1. The van der Waals surface area contributed by atoms with Crippen LogP contribution in [0.1, 0.15) is 0 Å². The first-order valence-electron chi connectivity index (χ1n) is 4.57. The van der Waals surface area contributed by atoms with E-state index < -0.39 is 0 Å². The van der Waals surface area contributed by atoms with Crippen molar-refractivity contribution in [3.8, 4) is 0 Å². The number of rotatable bonds is 1. The van der Waals surface area contributed by atoms with Crippen LogP contribution in [0.5, 0.6) is 0 Å². The number of nitrogens with one attached hydrogen (secondary N) is 1. The van der Waals surface area contributed by atoms with Crippen molar-refractivity contribution in [2.75, 3.05) is 26.2 Å². The summed E-state index contributed by atoms with van der Waals surface area (Å²) in [7, 11) is 0. The third kappa shape index (κ3) is 2.05. The van der Waals surface area contributed by atoms with Crippen LogP contribution in [0.2, 0.25) is 0 Å². The van der Waals surface area contributed by atoms with Crippen LogP contribution in [0.3, 0.4) is 0 Å². The van der Waals surface area contributed by atoms with Crippen molar-refractivity contribution < 1.29 is 4.39 Å². The summed E-state index contributed by atoms with van der Waals surface area (Å²) in [4.78, 5) is 2.26. The zero-order chi connectivity index (χ0) is 9.10. The Morgan fingerprint density at radius 1 is 1.08 bits per heavy atom. The maximum atomic E-state index is 12.6. The molecule has 1 fully saturated rings. The van der Waals surface area contributed by atoms with Gasteiger partial charge in [0.15, 0.2) is 5.69 Å². The van der Waals surface area contributed by atoms with E-state index >= 15 is 0 Å². The fourth-order valence-electron chi connectivity index (χ4n) is 1.57. The topological polar surface area (TPSA) is 17.9 Å². The number of nitrogens with zero attached hydrogens (tertiary/aromatic N) is 1. The maximum absolute atomic E-state index is 12.6. The molecule has 0 saturated carbocycles. The van der Waals surface area contributed by atoms with Crippen LogP contribution in [0.15, 0.2) is 24.3 Å². The van der Waals surface area contributed by atoms with Gasteiger partial charge in [-0.25, -0.2) is 4.39 Å². The first-order chi connectivity index (χ1) is 6.36. The number of piperazine rings is 1. The lowest BCUT2D eigenvalue weighted by Crippen LogP contribution is -2.44. The Morgan fingerprint density at radius 2 is 1.69 bits per heavy atom. The Hall–Kier alpha value is -0.930. The molecule has 13 heavy (non-hydrogen) atoms. The Morgan fingerprint density at radius 3 is 2.31 bits per heavy atom. The highest BCUT2D eigenvalue weighted by molar-refractivity contribution is 5.38. The van der Waals surface area contributed by atoms with E-state index in [-0.39, 0.29) is 5.82 Å². The largest absolute Gasteiger partial charge is 0.306 e. The minimum Gasteiger partial charge on any atom is -0.306 e. The molecule has 0 unspecified atom stereocenters. The van der Waals surface area contributed by atoms with Gasteiger partial charge in [-0.3, -0.25) is 0 Å². The summed E-state index contributed by atoms with van der Waals surface area (Å²) in [5.41, 5.74) is 1.11. The van der Waals surface area contributed by atoms with Crippen molar-refractivity contribution >= 4 is 5.69 Å². The van der Waals surface area contributed by atoms with Crippen molar-refractivity contribution in [3.63, 3.8) is 0 Å². The van der Waals surface area contributed by atoms with Crippen LogP contribution >= 0.6 is 0 Å². The molecule has 0 amide bonds. The van der Waals surface area contributed by atoms with E-state index in [2.05, 4.69) is 10.2 Å². The molecular weight excluding hydrogens is 167 g/mol. The third-order valence-electron chi connectivity index (χ3n) is 2.31. The molecule has 0 bridgehead atoms. The number of anilines is 1. The normalized spacial score (nSPS) is 18.8. The lowest BCUT2D eigenvalue weighted by molar-refractivity contribution is 0.439. The van der Waals surface area contributed by atoms with E-state index in [0.717, 1.165) is 31.9 Å². The first-order valence-corrected chi connectivity index (χ1v) is 4.57. The van der Waals surface area contributed by atoms with Gasteiger partial charge in [-0.05, 0) is 12.1 Å². The van der Waals surface area contributed by atoms with Crippen LogP contribution < -0.4 is 10.2 Å². The molecule has 1 N–H and O–H groups in total. The average molecular weight is 180 g/mol. The number of halogens is 1. The predicted molar refractivity (Wildman–Crippen MR) is 50.8 cm³/mol. The van der Waals surface area contributed by atoms with Crippen LogP contribution in [0.4, 0.5) is 10.1 Å². The van der Waals surface area contributed by atoms with Gasteiger partial charge in [-0.1, -0.05) is 0 Å². The second kappa shape index (κ2) is 3.85. The Bertz CT molecular complexity index is 265. The van der Waals surface area contributed by atoms with E-state index in [4.69, 9.17) is 0 Å².